The van der Waals surface area contributed by atoms with Crippen LogP contribution in [0.4, 0.5) is 0 Å². The lowest BCUT2D eigenvalue weighted by atomic mass is 9.89. The number of carbonyl (C=O) groups is 2. The van der Waals surface area contributed by atoms with Gasteiger partial charge in [-0.2, -0.15) is 0 Å². The van der Waals surface area contributed by atoms with Crippen LogP contribution >= 0.6 is 0 Å². The van der Waals surface area contributed by atoms with E-state index in [1.54, 1.807) is 13.8 Å². The van der Waals surface area contributed by atoms with Crippen LogP contribution in [0.25, 0.3) is 0 Å². The molecule has 1 heterocycles. The fraction of sp³-hybridized carbons (Fsp3) is 0.333. The van der Waals surface area contributed by atoms with Gasteiger partial charge in [-0.3, -0.25) is 9.59 Å². The minimum absolute atomic E-state index is 0.0568. The summed E-state index contributed by atoms with van der Waals surface area (Å²) in [6, 6.07) is 9.15. The number of nitrogens with one attached hydrogen (secondary N) is 1. The molecule has 0 aliphatic carbocycles. The average molecular weight is 203 g/mol. The van der Waals surface area contributed by atoms with E-state index in [4.69, 9.17) is 0 Å². The molecule has 1 saturated heterocycles. The number of carbonyl (C=O) groups excluding carboxylic acids is 2. The van der Waals surface area contributed by atoms with Gasteiger partial charge in [0.2, 0.25) is 5.91 Å². The quantitative estimate of drug-likeness (QED) is 0.698. The number of ketones is 1. The number of amides is 1. The molecule has 0 radical (unpaired) electrons. The molecule has 1 aromatic rings. The van der Waals surface area contributed by atoms with E-state index in [9.17, 15) is 9.59 Å². The van der Waals surface area contributed by atoms with Crippen LogP contribution in [0.15, 0.2) is 30.3 Å². The highest BCUT2D eigenvalue weighted by atomic mass is 16.2. The van der Waals surface area contributed by atoms with Crippen molar-refractivity contribution >= 4 is 11.7 Å². The molecule has 0 spiro atoms. The Morgan fingerprint density at radius 3 is 2.20 bits per heavy atom. The second-order valence-electron chi connectivity index (χ2n) is 4.32. The monoisotopic (exact) mass is 203 g/mol. The van der Waals surface area contributed by atoms with Crippen molar-refractivity contribution in [3.8, 4) is 0 Å². The predicted octanol–water partition coefficient (Wildman–Crippen LogP) is 1.25. The van der Waals surface area contributed by atoms with Crippen LogP contribution in [0.5, 0.6) is 0 Å². The standard InChI is InChI=1S/C12H13NO2/c1-12(2)10(14)9(11(15)13-12)8-6-4-3-5-7-8/h3-7,9H,1-2H3,(H,13,15). The first-order valence-corrected chi connectivity index (χ1v) is 4.93. The molecule has 0 aromatic heterocycles. The SMILES string of the molecule is CC1(C)NC(=O)C(c2ccccc2)C1=O. The van der Waals surface area contributed by atoms with E-state index in [1.807, 2.05) is 30.3 Å². The van der Waals surface area contributed by atoms with Crippen molar-refractivity contribution in [1.29, 1.82) is 0 Å². The van der Waals surface area contributed by atoms with Crippen LogP contribution < -0.4 is 5.32 Å². The summed E-state index contributed by atoms with van der Waals surface area (Å²) < 4.78 is 0. The van der Waals surface area contributed by atoms with E-state index in [0.717, 1.165) is 5.56 Å². The minimum Gasteiger partial charge on any atom is -0.343 e. The smallest absolute Gasteiger partial charge is 0.235 e. The van der Waals surface area contributed by atoms with Crippen LogP contribution in [0, 0.1) is 0 Å². The Hall–Kier alpha value is -1.64. The molecule has 1 N–H and O–H groups in total. The molecular weight excluding hydrogens is 190 g/mol. The van der Waals surface area contributed by atoms with Crippen molar-refractivity contribution in [3.05, 3.63) is 35.9 Å². The fourth-order valence-electron chi connectivity index (χ4n) is 1.87. The van der Waals surface area contributed by atoms with Gasteiger partial charge in [0.1, 0.15) is 5.92 Å². The third-order valence-electron chi connectivity index (χ3n) is 2.71. The molecule has 1 aliphatic heterocycles. The summed E-state index contributed by atoms with van der Waals surface area (Å²) in [5.74, 6) is -0.893. The third kappa shape index (κ3) is 1.54. The summed E-state index contributed by atoms with van der Waals surface area (Å²) >= 11 is 0. The van der Waals surface area contributed by atoms with E-state index in [0.29, 0.717) is 0 Å². The van der Waals surface area contributed by atoms with Gasteiger partial charge in [-0.25, -0.2) is 0 Å². The van der Waals surface area contributed by atoms with Crippen molar-refractivity contribution < 1.29 is 9.59 Å². The predicted molar refractivity (Wildman–Crippen MR) is 56.4 cm³/mol. The number of benzene rings is 1. The van der Waals surface area contributed by atoms with Crippen LogP contribution in [-0.2, 0) is 9.59 Å². The van der Waals surface area contributed by atoms with Crippen molar-refractivity contribution in [1.82, 2.24) is 5.32 Å². The van der Waals surface area contributed by atoms with Crippen molar-refractivity contribution in [3.63, 3.8) is 0 Å². The molecular formula is C12H13NO2. The van der Waals surface area contributed by atoms with Gasteiger partial charge >= 0.3 is 0 Å². The maximum Gasteiger partial charge on any atom is 0.235 e. The first-order valence-electron chi connectivity index (χ1n) is 4.93. The zero-order valence-electron chi connectivity index (χ0n) is 8.78. The van der Waals surface area contributed by atoms with Gasteiger partial charge in [-0.05, 0) is 19.4 Å². The molecule has 1 atom stereocenters. The minimum atomic E-state index is -0.739. The van der Waals surface area contributed by atoms with Crippen molar-refractivity contribution in [2.45, 2.75) is 25.3 Å². The first-order chi connectivity index (χ1) is 7.02. The summed E-state index contributed by atoms with van der Waals surface area (Å²) in [6.45, 7) is 3.46. The Kier molecular flexibility index (Phi) is 2.11. The van der Waals surface area contributed by atoms with Crippen molar-refractivity contribution in [2.24, 2.45) is 0 Å². The Labute approximate surface area is 88.5 Å². The number of hydrogen-bond donors (Lipinski definition) is 1. The lowest BCUT2D eigenvalue weighted by Gasteiger charge is -2.14. The summed E-state index contributed by atoms with van der Waals surface area (Å²) in [7, 11) is 0. The Morgan fingerprint density at radius 2 is 1.73 bits per heavy atom. The van der Waals surface area contributed by atoms with Gasteiger partial charge in [-0.15, -0.1) is 0 Å². The number of Topliss-reactive ketones (excluding diaryl/α,β-unsaturated/α-hetero) is 1. The number of hydrogen-bond acceptors (Lipinski definition) is 2. The molecule has 15 heavy (non-hydrogen) atoms. The van der Waals surface area contributed by atoms with E-state index in [1.165, 1.54) is 0 Å². The van der Waals surface area contributed by atoms with E-state index in [-0.39, 0.29) is 11.7 Å². The second kappa shape index (κ2) is 3.19. The van der Waals surface area contributed by atoms with Gasteiger partial charge < -0.3 is 5.32 Å². The van der Waals surface area contributed by atoms with Gasteiger partial charge in [0.25, 0.3) is 0 Å². The summed E-state index contributed by atoms with van der Waals surface area (Å²) in [5.41, 5.74) is 0.0306. The zero-order chi connectivity index (χ0) is 11.1. The molecule has 2 rings (SSSR count). The summed E-state index contributed by atoms with van der Waals surface area (Å²) in [4.78, 5) is 23.6. The Balaban J connectivity index is 2.40. The van der Waals surface area contributed by atoms with E-state index < -0.39 is 11.5 Å². The van der Waals surface area contributed by atoms with Crippen molar-refractivity contribution in [2.75, 3.05) is 0 Å². The molecule has 1 unspecified atom stereocenters. The highest BCUT2D eigenvalue weighted by Gasteiger charge is 2.46. The molecule has 1 aliphatic rings. The normalized spacial score (nSPS) is 24.0. The maximum absolute atomic E-state index is 12.0. The molecule has 78 valence electrons. The third-order valence-corrected chi connectivity index (χ3v) is 2.71. The van der Waals surface area contributed by atoms with E-state index >= 15 is 0 Å². The van der Waals surface area contributed by atoms with Crippen LogP contribution in [0.3, 0.4) is 0 Å². The first kappa shape index (κ1) is 9.90. The maximum atomic E-state index is 12.0. The van der Waals surface area contributed by atoms with Crippen LogP contribution in [-0.4, -0.2) is 17.2 Å². The topological polar surface area (TPSA) is 46.2 Å². The highest BCUT2D eigenvalue weighted by Crippen LogP contribution is 2.28. The molecule has 1 fully saturated rings. The van der Waals surface area contributed by atoms with Crippen LogP contribution in [0.1, 0.15) is 25.3 Å². The lowest BCUT2D eigenvalue weighted by Crippen LogP contribution is -2.39. The molecule has 3 heteroatoms. The zero-order valence-corrected chi connectivity index (χ0v) is 8.78. The van der Waals surface area contributed by atoms with Gasteiger partial charge in [0, 0.05) is 0 Å². The molecule has 1 aromatic carbocycles. The molecule has 1 amide bonds. The van der Waals surface area contributed by atoms with Gasteiger partial charge in [0.15, 0.2) is 5.78 Å². The second-order valence-corrected chi connectivity index (χ2v) is 4.32. The largest absolute Gasteiger partial charge is 0.343 e. The summed E-state index contributed by atoms with van der Waals surface area (Å²) in [6.07, 6.45) is 0. The average Bonchev–Trinajstić information content (AvgIpc) is 2.38. The van der Waals surface area contributed by atoms with E-state index in [2.05, 4.69) is 5.32 Å². The lowest BCUT2D eigenvalue weighted by molar-refractivity contribution is -0.125. The highest BCUT2D eigenvalue weighted by molar-refractivity contribution is 6.16. The summed E-state index contributed by atoms with van der Waals surface area (Å²) in [5, 5.41) is 2.70. The van der Waals surface area contributed by atoms with Gasteiger partial charge in [-0.1, -0.05) is 30.3 Å². The Bertz CT molecular complexity index is 409. The fourth-order valence-corrected chi connectivity index (χ4v) is 1.87. The Morgan fingerprint density at radius 1 is 1.13 bits per heavy atom. The number of rotatable bonds is 1. The molecule has 0 bridgehead atoms. The molecule has 3 nitrogen and oxygen atoms in total. The van der Waals surface area contributed by atoms with Gasteiger partial charge in [0.05, 0.1) is 5.54 Å². The molecule has 0 saturated carbocycles. The van der Waals surface area contributed by atoms with Crippen LogP contribution in [0.2, 0.25) is 0 Å².